The third kappa shape index (κ3) is 9.17. The summed E-state index contributed by atoms with van der Waals surface area (Å²) in [6.45, 7) is 9.09. The number of guanidine groups is 1. The molecule has 0 fully saturated rings. The van der Waals surface area contributed by atoms with E-state index in [9.17, 15) is 0 Å². The van der Waals surface area contributed by atoms with Crippen LogP contribution in [0, 0.1) is 5.92 Å². The quantitative estimate of drug-likeness (QED) is 0.275. The van der Waals surface area contributed by atoms with E-state index in [0.717, 1.165) is 30.7 Å². The number of hydrogen-bond acceptors (Lipinski definition) is 2. The first kappa shape index (κ1) is 19.2. The van der Waals surface area contributed by atoms with Crippen molar-refractivity contribution in [1.29, 1.82) is 0 Å². The first-order chi connectivity index (χ1) is 9.22. The van der Waals surface area contributed by atoms with E-state index in [4.69, 9.17) is 0 Å². The first-order valence-electron chi connectivity index (χ1n) is 7.22. The molecular weight excluding hydrogens is 365 g/mol. The van der Waals surface area contributed by atoms with Crippen LogP contribution in [-0.2, 0) is 6.54 Å². The van der Waals surface area contributed by atoms with Gasteiger partial charge in [0, 0.05) is 19.3 Å². The van der Waals surface area contributed by atoms with E-state index in [-0.39, 0.29) is 24.0 Å². The number of rotatable bonds is 8. The summed E-state index contributed by atoms with van der Waals surface area (Å²) in [5, 5.41) is 13.4. The molecule has 1 heterocycles. The number of nitrogens with zero attached hydrogens (tertiary/aromatic N) is 2. The monoisotopic (exact) mass is 393 g/mol. The van der Waals surface area contributed by atoms with Gasteiger partial charge in [-0.15, -0.1) is 24.0 Å². The molecule has 0 radical (unpaired) electrons. The van der Waals surface area contributed by atoms with Crippen LogP contribution in [-0.4, -0.2) is 29.2 Å². The lowest BCUT2D eigenvalue weighted by molar-refractivity contribution is 0.534. The summed E-state index contributed by atoms with van der Waals surface area (Å²) in [5.74, 6) is 1.67. The van der Waals surface area contributed by atoms with E-state index in [1.54, 1.807) is 6.20 Å². The summed E-state index contributed by atoms with van der Waals surface area (Å²) in [5.41, 5.74) is 1.03. The van der Waals surface area contributed by atoms with Crippen LogP contribution in [0.3, 0.4) is 0 Å². The molecule has 5 nitrogen and oxygen atoms in total. The minimum absolute atomic E-state index is 0. The molecule has 0 saturated heterocycles. The highest BCUT2D eigenvalue weighted by Gasteiger charge is 1.98. The molecule has 116 valence electrons. The molecule has 1 rings (SSSR count). The second-order valence-corrected chi connectivity index (χ2v) is 5.09. The van der Waals surface area contributed by atoms with Gasteiger partial charge in [-0.1, -0.05) is 26.7 Å². The molecule has 0 atom stereocenters. The third-order valence-electron chi connectivity index (χ3n) is 2.81. The molecule has 0 saturated carbocycles. The van der Waals surface area contributed by atoms with Crippen molar-refractivity contribution in [2.75, 3.05) is 13.1 Å². The normalized spacial score (nSPS) is 11.3. The van der Waals surface area contributed by atoms with E-state index in [1.165, 1.54) is 19.3 Å². The Hall–Kier alpha value is -0.790. The van der Waals surface area contributed by atoms with E-state index in [1.807, 2.05) is 6.07 Å². The van der Waals surface area contributed by atoms with Gasteiger partial charge in [-0.2, -0.15) is 5.10 Å². The molecule has 0 unspecified atom stereocenters. The molecule has 0 aliphatic heterocycles. The number of nitrogens with one attached hydrogen (secondary N) is 3. The number of aromatic nitrogens is 2. The Balaban J connectivity index is 0.00000361. The van der Waals surface area contributed by atoms with Crippen molar-refractivity contribution in [3.8, 4) is 0 Å². The van der Waals surface area contributed by atoms with E-state index in [2.05, 4.69) is 46.6 Å². The lowest BCUT2D eigenvalue weighted by atomic mass is 10.1. The van der Waals surface area contributed by atoms with Crippen molar-refractivity contribution in [2.24, 2.45) is 10.9 Å². The molecule has 0 aromatic carbocycles. The number of aromatic amines is 1. The van der Waals surface area contributed by atoms with Gasteiger partial charge in [0.15, 0.2) is 5.96 Å². The maximum atomic E-state index is 4.51. The SMILES string of the molecule is CCNC(=NCc1ccn[nH]1)NCCCCC(C)C.I. The minimum atomic E-state index is 0. The molecule has 6 heteroatoms. The number of halogens is 1. The van der Waals surface area contributed by atoms with Crippen molar-refractivity contribution >= 4 is 29.9 Å². The summed E-state index contributed by atoms with van der Waals surface area (Å²) in [4.78, 5) is 4.51. The van der Waals surface area contributed by atoms with Crippen LogP contribution in [0.25, 0.3) is 0 Å². The van der Waals surface area contributed by atoms with Gasteiger partial charge < -0.3 is 10.6 Å². The van der Waals surface area contributed by atoms with Gasteiger partial charge in [-0.25, -0.2) is 4.99 Å². The van der Waals surface area contributed by atoms with Crippen LogP contribution in [0.1, 0.15) is 45.7 Å². The first-order valence-corrected chi connectivity index (χ1v) is 7.22. The van der Waals surface area contributed by atoms with Crippen LogP contribution in [0.2, 0.25) is 0 Å². The molecule has 0 spiro atoms. The fourth-order valence-corrected chi connectivity index (χ4v) is 1.76. The smallest absolute Gasteiger partial charge is 0.191 e. The fourth-order valence-electron chi connectivity index (χ4n) is 1.76. The third-order valence-corrected chi connectivity index (χ3v) is 2.81. The Bertz CT molecular complexity index is 348. The Morgan fingerprint density at radius 1 is 1.35 bits per heavy atom. The number of hydrogen-bond donors (Lipinski definition) is 3. The van der Waals surface area contributed by atoms with Crippen molar-refractivity contribution in [1.82, 2.24) is 20.8 Å². The zero-order valence-electron chi connectivity index (χ0n) is 12.8. The number of H-pyrrole nitrogens is 1. The Labute approximate surface area is 139 Å². The van der Waals surface area contributed by atoms with Crippen LogP contribution in [0.4, 0.5) is 0 Å². The highest BCUT2D eigenvalue weighted by Crippen LogP contribution is 2.05. The highest BCUT2D eigenvalue weighted by molar-refractivity contribution is 14.0. The second kappa shape index (κ2) is 12.0. The summed E-state index contributed by atoms with van der Waals surface area (Å²) in [6, 6.07) is 1.94. The highest BCUT2D eigenvalue weighted by atomic mass is 127. The van der Waals surface area contributed by atoms with Crippen LogP contribution in [0.15, 0.2) is 17.3 Å². The summed E-state index contributed by atoms with van der Waals surface area (Å²) < 4.78 is 0. The molecule has 1 aromatic rings. The summed E-state index contributed by atoms with van der Waals surface area (Å²) in [6.07, 6.45) is 5.50. The number of aliphatic imine (C=N–C) groups is 1. The standard InChI is InChI=1S/C14H27N5.HI/c1-4-15-14(16-9-6-5-7-12(2)3)17-11-13-8-10-18-19-13;/h8,10,12H,4-7,9,11H2,1-3H3,(H,18,19)(H2,15,16,17);1H. The lowest BCUT2D eigenvalue weighted by Crippen LogP contribution is -2.37. The van der Waals surface area contributed by atoms with Gasteiger partial charge in [0.1, 0.15) is 0 Å². The van der Waals surface area contributed by atoms with Crippen molar-refractivity contribution in [3.63, 3.8) is 0 Å². The fraction of sp³-hybridized carbons (Fsp3) is 0.714. The molecule has 20 heavy (non-hydrogen) atoms. The van der Waals surface area contributed by atoms with Gasteiger partial charge in [0.05, 0.1) is 12.2 Å². The van der Waals surface area contributed by atoms with Crippen LogP contribution in [0.5, 0.6) is 0 Å². The van der Waals surface area contributed by atoms with Gasteiger partial charge in [-0.05, 0) is 25.3 Å². The molecular formula is C14H28IN5. The van der Waals surface area contributed by atoms with Gasteiger partial charge in [-0.3, -0.25) is 5.10 Å². The predicted molar refractivity (Wildman–Crippen MR) is 95.5 cm³/mol. The van der Waals surface area contributed by atoms with Crippen molar-refractivity contribution in [3.05, 3.63) is 18.0 Å². The maximum absolute atomic E-state index is 4.51. The topological polar surface area (TPSA) is 65.1 Å². The van der Waals surface area contributed by atoms with Crippen molar-refractivity contribution < 1.29 is 0 Å². The predicted octanol–water partition coefficient (Wildman–Crippen LogP) is 2.91. The largest absolute Gasteiger partial charge is 0.357 e. The zero-order valence-corrected chi connectivity index (χ0v) is 15.1. The zero-order chi connectivity index (χ0) is 13.9. The molecule has 0 aliphatic carbocycles. The van der Waals surface area contributed by atoms with Gasteiger partial charge in [0.25, 0.3) is 0 Å². The minimum Gasteiger partial charge on any atom is -0.357 e. The molecule has 0 amide bonds. The molecule has 1 aromatic heterocycles. The molecule has 0 bridgehead atoms. The average Bonchev–Trinajstić information content (AvgIpc) is 2.88. The van der Waals surface area contributed by atoms with Crippen molar-refractivity contribution in [2.45, 2.75) is 46.6 Å². The molecule has 3 N–H and O–H groups in total. The van der Waals surface area contributed by atoms with E-state index < -0.39 is 0 Å². The van der Waals surface area contributed by atoms with Crippen LogP contribution >= 0.6 is 24.0 Å². The number of unbranched alkanes of at least 4 members (excludes halogenated alkanes) is 1. The van der Waals surface area contributed by atoms with E-state index in [0.29, 0.717) is 6.54 Å². The van der Waals surface area contributed by atoms with Gasteiger partial charge in [0.2, 0.25) is 0 Å². The average molecular weight is 393 g/mol. The Morgan fingerprint density at radius 2 is 2.15 bits per heavy atom. The summed E-state index contributed by atoms with van der Waals surface area (Å²) >= 11 is 0. The maximum Gasteiger partial charge on any atom is 0.191 e. The second-order valence-electron chi connectivity index (χ2n) is 5.09. The van der Waals surface area contributed by atoms with E-state index >= 15 is 0 Å². The summed E-state index contributed by atoms with van der Waals surface area (Å²) in [7, 11) is 0. The van der Waals surface area contributed by atoms with Gasteiger partial charge >= 0.3 is 0 Å². The molecule has 0 aliphatic rings. The van der Waals surface area contributed by atoms with Crippen LogP contribution < -0.4 is 10.6 Å². The Morgan fingerprint density at radius 3 is 2.75 bits per heavy atom. The lowest BCUT2D eigenvalue weighted by Gasteiger charge is -2.11. The Kier molecular flexibility index (Phi) is 11.5.